The van der Waals surface area contributed by atoms with Crippen molar-refractivity contribution in [3.8, 4) is 0 Å². The number of rotatable bonds is 4. The van der Waals surface area contributed by atoms with Crippen molar-refractivity contribution in [2.24, 2.45) is 5.92 Å². The molecule has 2 rings (SSSR count). The highest BCUT2D eigenvalue weighted by Crippen LogP contribution is 2.46. The van der Waals surface area contributed by atoms with Gasteiger partial charge in [0.2, 0.25) is 0 Å². The molecule has 1 heterocycles. The SMILES string of the molecule is CCCn1c(CBr)nnc1C1CC1C. The molecule has 1 aromatic heterocycles. The quantitative estimate of drug-likeness (QED) is 0.777. The molecule has 0 spiro atoms. The Morgan fingerprint density at radius 2 is 2.21 bits per heavy atom. The Labute approximate surface area is 93.0 Å². The number of hydrogen-bond donors (Lipinski definition) is 0. The monoisotopic (exact) mass is 257 g/mol. The molecule has 3 nitrogen and oxygen atoms in total. The van der Waals surface area contributed by atoms with Crippen molar-refractivity contribution in [3.05, 3.63) is 11.6 Å². The number of halogens is 1. The third kappa shape index (κ3) is 1.72. The van der Waals surface area contributed by atoms with Crippen molar-refractivity contribution in [2.75, 3.05) is 0 Å². The molecule has 0 bridgehead atoms. The summed E-state index contributed by atoms with van der Waals surface area (Å²) in [5, 5.41) is 9.32. The first-order valence-electron chi connectivity index (χ1n) is 5.25. The molecule has 4 heteroatoms. The van der Waals surface area contributed by atoms with Gasteiger partial charge in [0.25, 0.3) is 0 Å². The van der Waals surface area contributed by atoms with E-state index in [1.807, 2.05) is 0 Å². The van der Waals surface area contributed by atoms with Gasteiger partial charge >= 0.3 is 0 Å². The maximum absolute atomic E-state index is 4.30. The fourth-order valence-corrected chi connectivity index (χ4v) is 2.29. The van der Waals surface area contributed by atoms with Crippen LogP contribution in [-0.2, 0) is 11.9 Å². The zero-order valence-corrected chi connectivity index (χ0v) is 10.3. The van der Waals surface area contributed by atoms with Gasteiger partial charge in [-0.2, -0.15) is 0 Å². The van der Waals surface area contributed by atoms with Crippen LogP contribution < -0.4 is 0 Å². The zero-order valence-electron chi connectivity index (χ0n) is 8.70. The Balaban J connectivity index is 2.25. The minimum absolute atomic E-state index is 0.668. The molecule has 14 heavy (non-hydrogen) atoms. The largest absolute Gasteiger partial charge is 0.314 e. The van der Waals surface area contributed by atoms with E-state index < -0.39 is 0 Å². The van der Waals surface area contributed by atoms with Crippen molar-refractivity contribution in [2.45, 2.75) is 44.5 Å². The van der Waals surface area contributed by atoms with Crippen molar-refractivity contribution in [3.63, 3.8) is 0 Å². The van der Waals surface area contributed by atoms with Crippen LogP contribution in [-0.4, -0.2) is 14.8 Å². The molecule has 0 amide bonds. The fraction of sp³-hybridized carbons (Fsp3) is 0.800. The predicted octanol–water partition coefficient (Wildman–Crippen LogP) is 2.71. The zero-order chi connectivity index (χ0) is 10.1. The van der Waals surface area contributed by atoms with E-state index in [-0.39, 0.29) is 0 Å². The highest BCUT2D eigenvalue weighted by molar-refractivity contribution is 9.08. The summed E-state index contributed by atoms with van der Waals surface area (Å²) < 4.78 is 2.28. The van der Waals surface area contributed by atoms with Crippen LogP contribution in [0.2, 0.25) is 0 Å². The summed E-state index contributed by atoms with van der Waals surface area (Å²) in [5.74, 6) is 3.74. The van der Waals surface area contributed by atoms with Gasteiger partial charge in [-0.25, -0.2) is 0 Å². The van der Waals surface area contributed by atoms with E-state index in [1.54, 1.807) is 0 Å². The lowest BCUT2D eigenvalue weighted by Crippen LogP contribution is -2.06. The molecule has 78 valence electrons. The third-order valence-electron chi connectivity index (χ3n) is 2.86. The van der Waals surface area contributed by atoms with Crippen molar-refractivity contribution >= 4 is 15.9 Å². The Bertz CT molecular complexity index is 321. The lowest BCUT2D eigenvalue weighted by atomic mass is 10.3. The van der Waals surface area contributed by atoms with Crippen LogP contribution in [0.3, 0.4) is 0 Å². The number of aromatic nitrogens is 3. The maximum Gasteiger partial charge on any atom is 0.143 e. The van der Waals surface area contributed by atoms with Gasteiger partial charge in [0.15, 0.2) is 0 Å². The van der Waals surface area contributed by atoms with Crippen LogP contribution >= 0.6 is 15.9 Å². The molecule has 0 aromatic carbocycles. The fourth-order valence-electron chi connectivity index (χ4n) is 1.87. The molecule has 0 aliphatic heterocycles. The number of hydrogen-bond acceptors (Lipinski definition) is 2. The molecule has 1 saturated carbocycles. The van der Waals surface area contributed by atoms with E-state index in [2.05, 4.69) is 44.5 Å². The summed E-state index contributed by atoms with van der Waals surface area (Å²) in [7, 11) is 0. The second-order valence-corrected chi connectivity index (χ2v) is 4.64. The Hall–Kier alpha value is -0.380. The average Bonchev–Trinajstić information content (AvgIpc) is 2.77. The van der Waals surface area contributed by atoms with E-state index in [9.17, 15) is 0 Å². The van der Waals surface area contributed by atoms with Crippen molar-refractivity contribution < 1.29 is 0 Å². The van der Waals surface area contributed by atoms with Gasteiger partial charge in [-0.3, -0.25) is 0 Å². The molecule has 2 unspecified atom stereocenters. The van der Waals surface area contributed by atoms with E-state index in [4.69, 9.17) is 0 Å². The minimum Gasteiger partial charge on any atom is -0.314 e. The van der Waals surface area contributed by atoms with Crippen LogP contribution in [0, 0.1) is 5.92 Å². The summed E-state index contributed by atoms with van der Waals surface area (Å²) in [5.41, 5.74) is 0. The minimum atomic E-state index is 0.668. The molecule has 1 aromatic rings. The van der Waals surface area contributed by atoms with E-state index in [0.29, 0.717) is 5.92 Å². The molecule has 0 N–H and O–H groups in total. The first kappa shape index (κ1) is 10.1. The predicted molar refractivity (Wildman–Crippen MR) is 59.5 cm³/mol. The lowest BCUT2D eigenvalue weighted by molar-refractivity contribution is 0.615. The van der Waals surface area contributed by atoms with Crippen LogP contribution in [0.25, 0.3) is 0 Å². The standard InChI is InChI=1S/C10H16BrN3/c1-3-4-14-9(6-11)12-13-10(14)8-5-7(8)2/h7-8H,3-6H2,1-2H3. The molecule has 2 atom stereocenters. The Morgan fingerprint density at radius 1 is 1.50 bits per heavy atom. The molecular formula is C10H16BrN3. The lowest BCUT2D eigenvalue weighted by Gasteiger charge is -2.06. The topological polar surface area (TPSA) is 30.7 Å². The normalized spacial score (nSPS) is 25.4. The summed E-state index contributed by atoms with van der Waals surface area (Å²) in [6, 6.07) is 0. The van der Waals surface area contributed by atoms with Gasteiger partial charge < -0.3 is 4.57 Å². The van der Waals surface area contributed by atoms with E-state index in [0.717, 1.165) is 30.0 Å². The maximum atomic E-state index is 4.30. The number of alkyl halides is 1. The van der Waals surface area contributed by atoms with Crippen LogP contribution in [0.15, 0.2) is 0 Å². The smallest absolute Gasteiger partial charge is 0.143 e. The van der Waals surface area contributed by atoms with Gasteiger partial charge in [0.1, 0.15) is 11.6 Å². The van der Waals surface area contributed by atoms with Gasteiger partial charge in [-0.15, -0.1) is 10.2 Å². The molecule has 0 radical (unpaired) electrons. The first-order valence-corrected chi connectivity index (χ1v) is 6.38. The Kier molecular flexibility index (Phi) is 2.91. The van der Waals surface area contributed by atoms with Crippen LogP contribution in [0.4, 0.5) is 0 Å². The summed E-state index contributed by atoms with van der Waals surface area (Å²) >= 11 is 3.45. The van der Waals surface area contributed by atoms with E-state index >= 15 is 0 Å². The first-order chi connectivity index (χ1) is 6.77. The molecule has 0 saturated heterocycles. The average molecular weight is 258 g/mol. The van der Waals surface area contributed by atoms with E-state index in [1.165, 1.54) is 12.2 Å². The van der Waals surface area contributed by atoms with Crippen LogP contribution in [0.1, 0.15) is 44.3 Å². The molecular weight excluding hydrogens is 242 g/mol. The van der Waals surface area contributed by atoms with Crippen molar-refractivity contribution in [1.29, 1.82) is 0 Å². The molecule has 1 aliphatic rings. The van der Waals surface area contributed by atoms with Gasteiger partial charge in [-0.05, 0) is 18.8 Å². The van der Waals surface area contributed by atoms with Crippen LogP contribution in [0.5, 0.6) is 0 Å². The Morgan fingerprint density at radius 3 is 2.71 bits per heavy atom. The van der Waals surface area contributed by atoms with Crippen molar-refractivity contribution in [1.82, 2.24) is 14.8 Å². The van der Waals surface area contributed by atoms with Gasteiger partial charge in [0, 0.05) is 12.5 Å². The molecule has 1 aliphatic carbocycles. The number of nitrogens with zero attached hydrogens (tertiary/aromatic N) is 3. The summed E-state index contributed by atoms with van der Waals surface area (Å²) in [6.07, 6.45) is 2.43. The van der Waals surface area contributed by atoms with Gasteiger partial charge in [-0.1, -0.05) is 29.8 Å². The second-order valence-electron chi connectivity index (χ2n) is 4.08. The highest BCUT2D eigenvalue weighted by Gasteiger charge is 2.38. The second kappa shape index (κ2) is 4.01. The molecule has 1 fully saturated rings. The third-order valence-corrected chi connectivity index (χ3v) is 3.37. The summed E-state index contributed by atoms with van der Waals surface area (Å²) in [6.45, 7) is 5.52. The van der Waals surface area contributed by atoms with Gasteiger partial charge in [0.05, 0.1) is 5.33 Å². The summed E-state index contributed by atoms with van der Waals surface area (Å²) in [4.78, 5) is 0. The highest BCUT2D eigenvalue weighted by atomic mass is 79.9.